The first-order chi connectivity index (χ1) is 13.1. The molecular formula is C18H19N3O4S3. The van der Waals surface area contributed by atoms with Gasteiger partial charge in [-0.1, -0.05) is 53.7 Å². The Kier molecular flexibility index (Phi) is 5.55. The summed E-state index contributed by atoms with van der Waals surface area (Å²) in [5.41, 5.74) is 1.81. The number of aryl methyl sites for hydroxylation is 3. The van der Waals surface area contributed by atoms with Gasteiger partial charge in [-0.15, -0.1) is 13.6 Å². The SMILES string of the molecule is CCc1nn(S(=O)(=O)c2ccc(C)cc2)/c(=N\S(=O)(=O)c2ccc(C)cc2)s1. The van der Waals surface area contributed by atoms with Crippen molar-refractivity contribution in [1.82, 2.24) is 9.19 Å². The van der Waals surface area contributed by atoms with Gasteiger partial charge in [0.15, 0.2) is 0 Å². The Morgan fingerprint density at radius 1 is 0.893 bits per heavy atom. The molecule has 0 bridgehead atoms. The van der Waals surface area contributed by atoms with E-state index in [1.165, 1.54) is 24.3 Å². The van der Waals surface area contributed by atoms with Gasteiger partial charge in [-0.25, -0.2) is 0 Å². The van der Waals surface area contributed by atoms with Crippen LogP contribution in [0.25, 0.3) is 0 Å². The molecule has 10 heteroatoms. The third-order valence-electron chi connectivity index (χ3n) is 3.94. The lowest BCUT2D eigenvalue weighted by atomic mass is 10.2. The highest BCUT2D eigenvalue weighted by Gasteiger charge is 2.23. The summed E-state index contributed by atoms with van der Waals surface area (Å²) in [4.78, 5) is -0.206. The van der Waals surface area contributed by atoms with Gasteiger partial charge in [0.05, 0.1) is 9.79 Å². The molecular weight excluding hydrogens is 418 g/mol. The zero-order valence-corrected chi connectivity index (χ0v) is 18.0. The van der Waals surface area contributed by atoms with E-state index in [9.17, 15) is 16.8 Å². The summed E-state index contributed by atoms with van der Waals surface area (Å²) < 4.78 is 55.9. The minimum Gasteiger partial charge on any atom is -0.199 e. The van der Waals surface area contributed by atoms with E-state index in [2.05, 4.69) is 9.50 Å². The molecule has 0 saturated heterocycles. The van der Waals surface area contributed by atoms with Crippen LogP contribution >= 0.6 is 11.3 Å². The Hall–Kier alpha value is -2.30. The van der Waals surface area contributed by atoms with Gasteiger partial charge in [0, 0.05) is 0 Å². The molecule has 0 spiro atoms. The second-order valence-electron chi connectivity index (χ2n) is 6.17. The summed E-state index contributed by atoms with van der Waals surface area (Å²) in [6.07, 6.45) is 0.453. The molecule has 0 aliphatic carbocycles. The standard InChI is InChI=1S/C18H19N3O4S3/c1-4-17-19-21(28(24,25)16-11-7-14(3)8-12-16)18(26-17)20-27(22,23)15-9-5-13(2)6-10-15/h5-12H,4H2,1-3H3/b20-18+. The Morgan fingerprint density at radius 2 is 1.39 bits per heavy atom. The van der Waals surface area contributed by atoms with Crippen molar-refractivity contribution < 1.29 is 16.8 Å². The molecule has 0 N–H and O–H groups in total. The van der Waals surface area contributed by atoms with Gasteiger partial charge < -0.3 is 0 Å². The van der Waals surface area contributed by atoms with Gasteiger partial charge in [0.25, 0.3) is 20.0 Å². The Morgan fingerprint density at radius 3 is 1.89 bits per heavy atom. The van der Waals surface area contributed by atoms with Gasteiger partial charge in [-0.3, -0.25) is 0 Å². The maximum Gasteiger partial charge on any atom is 0.285 e. The Labute approximate surface area is 168 Å². The van der Waals surface area contributed by atoms with E-state index in [-0.39, 0.29) is 14.6 Å². The molecule has 0 atom stereocenters. The fraction of sp³-hybridized carbons (Fsp3) is 0.222. The van der Waals surface area contributed by atoms with Crippen LogP contribution in [0, 0.1) is 13.8 Å². The fourth-order valence-corrected chi connectivity index (χ4v) is 5.89. The normalized spacial score (nSPS) is 13.0. The highest BCUT2D eigenvalue weighted by atomic mass is 32.2. The molecule has 148 valence electrons. The number of aromatic nitrogens is 2. The molecule has 0 radical (unpaired) electrons. The molecule has 0 amide bonds. The smallest absolute Gasteiger partial charge is 0.199 e. The zero-order chi connectivity index (χ0) is 20.5. The lowest BCUT2D eigenvalue weighted by molar-refractivity contribution is 0.576. The summed E-state index contributed by atoms with van der Waals surface area (Å²) >= 11 is 0.936. The molecule has 0 unspecified atom stereocenters. The number of hydrogen-bond acceptors (Lipinski definition) is 6. The molecule has 0 fully saturated rings. The number of hydrogen-bond donors (Lipinski definition) is 0. The van der Waals surface area contributed by atoms with E-state index >= 15 is 0 Å². The van der Waals surface area contributed by atoms with Crippen LogP contribution in [0.5, 0.6) is 0 Å². The van der Waals surface area contributed by atoms with E-state index in [0.717, 1.165) is 22.5 Å². The van der Waals surface area contributed by atoms with E-state index in [0.29, 0.717) is 15.5 Å². The largest absolute Gasteiger partial charge is 0.285 e. The summed E-state index contributed by atoms with van der Waals surface area (Å²) in [7, 11) is -8.17. The third kappa shape index (κ3) is 4.08. The summed E-state index contributed by atoms with van der Waals surface area (Å²) in [6.45, 7) is 5.49. The van der Waals surface area contributed by atoms with Crippen LogP contribution < -0.4 is 4.80 Å². The third-order valence-corrected chi connectivity index (χ3v) is 8.08. The van der Waals surface area contributed by atoms with Gasteiger partial charge in [0.2, 0.25) is 4.80 Å². The number of nitrogens with zero attached hydrogens (tertiary/aromatic N) is 3. The lowest BCUT2D eigenvalue weighted by Gasteiger charge is -2.05. The highest BCUT2D eigenvalue weighted by molar-refractivity contribution is 7.90. The first kappa shape index (κ1) is 20.4. The summed E-state index contributed by atoms with van der Waals surface area (Å²) in [6, 6.07) is 12.4. The van der Waals surface area contributed by atoms with Crippen molar-refractivity contribution in [1.29, 1.82) is 0 Å². The molecule has 0 aliphatic heterocycles. The minimum absolute atomic E-state index is 0.0103. The van der Waals surface area contributed by atoms with Gasteiger partial charge in [-0.2, -0.15) is 16.8 Å². The Balaban J connectivity index is 2.20. The molecule has 3 aromatic rings. The second-order valence-corrected chi connectivity index (χ2v) is 10.6. The first-order valence-electron chi connectivity index (χ1n) is 8.42. The van der Waals surface area contributed by atoms with Gasteiger partial charge in [0.1, 0.15) is 5.01 Å². The van der Waals surface area contributed by atoms with E-state index < -0.39 is 20.0 Å². The average molecular weight is 438 g/mol. The van der Waals surface area contributed by atoms with Crippen molar-refractivity contribution in [2.45, 2.75) is 37.0 Å². The second kappa shape index (κ2) is 7.61. The predicted molar refractivity (Wildman–Crippen MR) is 107 cm³/mol. The van der Waals surface area contributed by atoms with E-state index in [1.807, 2.05) is 13.8 Å². The van der Waals surface area contributed by atoms with Crippen molar-refractivity contribution in [2.24, 2.45) is 4.40 Å². The minimum atomic E-state index is -4.09. The zero-order valence-electron chi connectivity index (χ0n) is 15.5. The molecule has 7 nitrogen and oxygen atoms in total. The van der Waals surface area contributed by atoms with Crippen LogP contribution in [0.3, 0.4) is 0 Å². The highest BCUT2D eigenvalue weighted by Crippen LogP contribution is 2.16. The van der Waals surface area contributed by atoms with Crippen LogP contribution in [-0.2, 0) is 26.5 Å². The number of benzene rings is 2. The fourth-order valence-electron chi connectivity index (χ4n) is 2.34. The van der Waals surface area contributed by atoms with Gasteiger partial charge in [-0.05, 0) is 44.5 Å². The first-order valence-corrected chi connectivity index (χ1v) is 12.1. The van der Waals surface area contributed by atoms with Crippen LogP contribution in [0.2, 0.25) is 0 Å². The van der Waals surface area contributed by atoms with Crippen molar-refractivity contribution in [3.8, 4) is 0 Å². The maximum atomic E-state index is 13.0. The number of rotatable bonds is 5. The van der Waals surface area contributed by atoms with Crippen molar-refractivity contribution in [3.05, 3.63) is 69.5 Å². The van der Waals surface area contributed by atoms with Crippen LogP contribution in [0.4, 0.5) is 0 Å². The van der Waals surface area contributed by atoms with E-state index in [4.69, 9.17) is 0 Å². The molecule has 0 saturated carbocycles. The molecule has 3 rings (SSSR count). The van der Waals surface area contributed by atoms with Crippen LogP contribution in [0.15, 0.2) is 62.7 Å². The molecule has 1 aromatic heterocycles. The van der Waals surface area contributed by atoms with Crippen molar-refractivity contribution in [2.75, 3.05) is 0 Å². The quantitative estimate of drug-likeness (QED) is 0.611. The topological polar surface area (TPSA) is 98.5 Å². The Bertz CT molecular complexity index is 1270. The van der Waals surface area contributed by atoms with Crippen molar-refractivity contribution in [3.63, 3.8) is 0 Å². The summed E-state index contributed by atoms with van der Waals surface area (Å²) in [5, 5.41) is 4.55. The molecule has 2 aromatic carbocycles. The van der Waals surface area contributed by atoms with Crippen molar-refractivity contribution >= 4 is 31.4 Å². The average Bonchev–Trinajstić information content (AvgIpc) is 3.05. The summed E-state index contributed by atoms with van der Waals surface area (Å²) in [5.74, 6) is 0. The lowest BCUT2D eigenvalue weighted by Crippen LogP contribution is -2.26. The van der Waals surface area contributed by atoms with Gasteiger partial charge >= 0.3 is 0 Å². The van der Waals surface area contributed by atoms with Crippen LogP contribution in [-0.4, -0.2) is 26.0 Å². The molecule has 1 heterocycles. The van der Waals surface area contributed by atoms with Crippen LogP contribution in [0.1, 0.15) is 23.1 Å². The molecule has 0 aliphatic rings. The monoisotopic (exact) mass is 437 g/mol. The predicted octanol–water partition coefficient (Wildman–Crippen LogP) is 2.65. The van der Waals surface area contributed by atoms with E-state index in [1.54, 1.807) is 31.2 Å². The maximum absolute atomic E-state index is 13.0. The number of sulfonamides is 1. The molecule has 28 heavy (non-hydrogen) atoms.